The SMILES string of the molecule is Cc1cccc(-c2cc(C(=O)NN3CCOCC3)c3ccccc3n2)c1. The first-order valence-electron chi connectivity index (χ1n) is 8.81. The van der Waals surface area contributed by atoms with Crippen molar-refractivity contribution >= 4 is 16.8 Å². The van der Waals surface area contributed by atoms with Gasteiger partial charge in [-0.05, 0) is 25.1 Å². The van der Waals surface area contributed by atoms with Gasteiger partial charge in [-0.15, -0.1) is 0 Å². The minimum atomic E-state index is -0.112. The molecule has 3 aromatic rings. The highest BCUT2D eigenvalue weighted by Gasteiger charge is 2.18. The fourth-order valence-corrected chi connectivity index (χ4v) is 3.19. The van der Waals surface area contributed by atoms with Crippen molar-refractivity contribution < 1.29 is 9.53 Å². The van der Waals surface area contributed by atoms with Crippen molar-refractivity contribution in [2.45, 2.75) is 6.92 Å². The molecule has 2 heterocycles. The van der Waals surface area contributed by atoms with E-state index in [1.807, 2.05) is 47.5 Å². The number of carbonyl (C=O) groups excluding carboxylic acids is 1. The van der Waals surface area contributed by atoms with Crippen LogP contribution in [0, 0.1) is 6.92 Å². The predicted molar refractivity (Wildman–Crippen MR) is 102 cm³/mol. The standard InChI is InChI=1S/C21H21N3O2/c1-15-5-4-6-16(13-15)20-14-18(17-7-2-3-8-19(17)22-20)21(25)23-24-9-11-26-12-10-24/h2-8,13-14H,9-12H2,1H3,(H,23,25). The molecule has 0 bridgehead atoms. The van der Waals surface area contributed by atoms with E-state index in [9.17, 15) is 4.79 Å². The molecule has 0 atom stereocenters. The second-order valence-corrected chi connectivity index (χ2v) is 6.48. The molecule has 2 aromatic carbocycles. The van der Waals surface area contributed by atoms with Crippen molar-refractivity contribution in [1.29, 1.82) is 0 Å². The molecule has 0 aliphatic carbocycles. The van der Waals surface area contributed by atoms with E-state index < -0.39 is 0 Å². The third kappa shape index (κ3) is 3.45. The molecular formula is C21H21N3O2. The zero-order chi connectivity index (χ0) is 17.9. The van der Waals surface area contributed by atoms with Gasteiger partial charge in [0, 0.05) is 24.0 Å². The van der Waals surface area contributed by atoms with Gasteiger partial charge in [0.1, 0.15) is 0 Å². The number of morpholine rings is 1. The average molecular weight is 347 g/mol. The molecule has 1 saturated heterocycles. The summed E-state index contributed by atoms with van der Waals surface area (Å²) in [6, 6.07) is 17.8. The number of nitrogens with one attached hydrogen (secondary N) is 1. The van der Waals surface area contributed by atoms with Gasteiger partial charge in [-0.2, -0.15) is 0 Å². The van der Waals surface area contributed by atoms with Gasteiger partial charge in [0.05, 0.1) is 30.0 Å². The molecule has 132 valence electrons. The van der Waals surface area contributed by atoms with Crippen LogP contribution in [-0.4, -0.2) is 42.2 Å². The Bertz CT molecular complexity index is 949. The lowest BCUT2D eigenvalue weighted by molar-refractivity contribution is 0.0127. The van der Waals surface area contributed by atoms with E-state index in [-0.39, 0.29) is 5.91 Å². The second-order valence-electron chi connectivity index (χ2n) is 6.48. The first-order valence-corrected chi connectivity index (χ1v) is 8.81. The molecule has 5 heteroatoms. The van der Waals surface area contributed by atoms with Gasteiger partial charge in [-0.25, -0.2) is 9.99 Å². The molecule has 0 saturated carbocycles. The molecule has 26 heavy (non-hydrogen) atoms. The number of nitrogens with zero attached hydrogens (tertiary/aromatic N) is 2. The Balaban J connectivity index is 1.75. The first-order chi connectivity index (χ1) is 12.7. The first kappa shape index (κ1) is 16.7. The normalized spacial score (nSPS) is 15.1. The van der Waals surface area contributed by atoms with Crippen LogP contribution in [0.4, 0.5) is 0 Å². The lowest BCUT2D eigenvalue weighted by atomic mass is 10.0. The molecule has 4 rings (SSSR count). The predicted octanol–water partition coefficient (Wildman–Crippen LogP) is 3.19. The summed E-state index contributed by atoms with van der Waals surface area (Å²) in [6.45, 7) is 4.70. The van der Waals surface area contributed by atoms with E-state index in [1.54, 1.807) is 0 Å². The van der Waals surface area contributed by atoms with E-state index >= 15 is 0 Å². The van der Waals surface area contributed by atoms with Crippen molar-refractivity contribution in [1.82, 2.24) is 15.4 Å². The second kappa shape index (κ2) is 7.23. The number of rotatable bonds is 3. The summed E-state index contributed by atoms with van der Waals surface area (Å²) in [4.78, 5) is 17.7. The van der Waals surface area contributed by atoms with Crippen molar-refractivity contribution in [3.05, 3.63) is 65.7 Å². The zero-order valence-corrected chi connectivity index (χ0v) is 14.7. The van der Waals surface area contributed by atoms with Crippen molar-refractivity contribution in [2.24, 2.45) is 0 Å². The minimum absolute atomic E-state index is 0.112. The maximum atomic E-state index is 13.0. The van der Waals surface area contributed by atoms with Gasteiger partial charge >= 0.3 is 0 Å². The van der Waals surface area contributed by atoms with E-state index in [2.05, 4.69) is 24.5 Å². The van der Waals surface area contributed by atoms with E-state index in [0.717, 1.165) is 27.7 Å². The summed E-state index contributed by atoms with van der Waals surface area (Å²) in [6.07, 6.45) is 0. The van der Waals surface area contributed by atoms with Crippen molar-refractivity contribution in [3.8, 4) is 11.3 Å². The molecule has 1 amide bonds. The summed E-state index contributed by atoms with van der Waals surface area (Å²) in [7, 11) is 0. The summed E-state index contributed by atoms with van der Waals surface area (Å²) in [5.41, 5.74) is 7.44. The number of aromatic nitrogens is 1. The number of benzene rings is 2. The van der Waals surface area contributed by atoms with Gasteiger partial charge < -0.3 is 4.74 Å². The molecule has 1 fully saturated rings. The minimum Gasteiger partial charge on any atom is -0.379 e. The van der Waals surface area contributed by atoms with Crippen LogP contribution in [0.5, 0.6) is 0 Å². The molecular weight excluding hydrogens is 326 g/mol. The zero-order valence-electron chi connectivity index (χ0n) is 14.7. The summed E-state index contributed by atoms with van der Waals surface area (Å²) < 4.78 is 5.34. The quantitative estimate of drug-likeness (QED) is 0.791. The maximum Gasteiger partial charge on any atom is 0.266 e. The molecule has 0 unspecified atom stereocenters. The van der Waals surface area contributed by atoms with Crippen LogP contribution in [0.3, 0.4) is 0 Å². The van der Waals surface area contributed by atoms with Crippen LogP contribution >= 0.6 is 0 Å². The molecule has 1 aliphatic heterocycles. The third-order valence-corrected chi connectivity index (χ3v) is 4.55. The third-order valence-electron chi connectivity index (χ3n) is 4.55. The maximum absolute atomic E-state index is 13.0. The van der Waals surface area contributed by atoms with Crippen LogP contribution in [0.25, 0.3) is 22.2 Å². The number of carbonyl (C=O) groups is 1. The summed E-state index contributed by atoms with van der Waals surface area (Å²) >= 11 is 0. The highest BCUT2D eigenvalue weighted by molar-refractivity contribution is 6.07. The number of aryl methyl sites for hydroxylation is 1. The Morgan fingerprint density at radius 2 is 1.88 bits per heavy atom. The fraction of sp³-hybridized carbons (Fsp3) is 0.238. The number of pyridine rings is 1. The van der Waals surface area contributed by atoms with Crippen molar-refractivity contribution in [2.75, 3.05) is 26.3 Å². The number of fused-ring (bicyclic) bond motifs is 1. The van der Waals surface area contributed by atoms with Gasteiger partial charge in [-0.3, -0.25) is 10.2 Å². The molecule has 1 N–H and O–H groups in total. The van der Waals surface area contributed by atoms with Crippen LogP contribution in [0.1, 0.15) is 15.9 Å². The average Bonchev–Trinajstić information content (AvgIpc) is 2.68. The number of hydrogen-bond acceptors (Lipinski definition) is 4. The fourth-order valence-electron chi connectivity index (χ4n) is 3.19. The van der Waals surface area contributed by atoms with Crippen LogP contribution in [0.2, 0.25) is 0 Å². The lowest BCUT2D eigenvalue weighted by Gasteiger charge is -2.27. The number of ether oxygens (including phenoxy) is 1. The van der Waals surface area contributed by atoms with E-state index in [1.165, 1.54) is 0 Å². The Morgan fingerprint density at radius 1 is 1.08 bits per heavy atom. The topological polar surface area (TPSA) is 54.5 Å². The van der Waals surface area contributed by atoms with Crippen LogP contribution < -0.4 is 5.43 Å². The van der Waals surface area contributed by atoms with Gasteiger partial charge in [0.25, 0.3) is 5.91 Å². The Morgan fingerprint density at radius 3 is 2.69 bits per heavy atom. The Kier molecular flexibility index (Phi) is 4.65. The highest BCUT2D eigenvalue weighted by atomic mass is 16.5. The number of hydrogen-bond donors (Lipinski definition) is 1. The van der Waals surface area contributed by atoms with Crippen LogP contribution in [0.15, 0.2) is 54.6 Å². The smallest absolute Gasteiger partial charge is 0.266 e. The van der Waals surface area contributed by atoms with Gasteiger partial charge in [0.2, 0.25) is 0 Å². The molecule has 1 aliphatic rings. The molecule has 1 aromatic heterocycles. The largest absolute Gasteiger partial charge is 0.379 e. The molecule has 0 radical (unpaired) electrons. The van der Waals surface area contributed by atoms with Gasteiger partial charge in [-0.1, -0.05) is 42.0 Å². The van der Waals surface area contributed by atoms with E-state index in [4.69, 9.17) is 9.72 Å². The summed E-state index contributed by atoms with van der Waals surface area (Å²) in [5, 5.41) is 2.77. The van der Waals surface area contributed by atoms with E-state index in [0.29, 0.717) is 31.9 Å². The highest BCUT2D eigenvalue weighted by Crippen LogP contribution is 2.25. The monoisotopic (exact) mass is 347 g/mol. The number of amides is 1. The van der Waals surface area contributed by atoms with Gasteiger partial charge in [0.15, 0.2) is 0 Å². The Labute approximate surface area is 152 Å². The summed E-state index contributed by atoms with van der Waals surface area (Å²) in [5.74, 6) is -0.112. The number of hydrazine groups is 1. The number of para-hydroxylation sites is 1. The van der Waals surface area contributed by atoms with Crippen molar-refractivity contribution in [3.63, 3.8) is 0 Å². The lowest BCUT2D eigenvalue weighted by Crippen LogP contribution is -2.48. The molecule has 0 spiro atoms. The Hall–Kier alpha value is -2.76. The van der Waals surface area contributed by atoms with Crippen LogP contribution in [-0.2, 0) is 4.74 Å². The molecule has 5 nitrogen and oxygen atoms in total.